The standard InChI is InChI=1S/C17H26O2/c1-11-12-7-9-17(3)14(5-4-6-15(17)19)16(12,2)10-8-13(11)18/h5,11-12,15,19H,4,6-10H2,1-3H3/t11-,12?,15-,16?,17?/m1/s1. The Balaban J connectivity index is 2.04. The van der Waals surface area contributed by atoms with Gasteiger partial charge < -0.3 is 5.11 Å². The first-order valence-corrected chi connectivity index (χ1v) is 7.81. The molecule has 0 amide bonds. The number of allylic oxidation sites excluding steroid dienone is 1. The minimum Gasteiger partial charge on any atom is -0.392 e. The highest BCUT2D eigenvalue weighted by Crippen LogP contribution is 2.62. The van der Waals surface area contributed by atoms with Gasteiger partial charge in [-0.3, -0.25) is 4.79 Å². The zero-order chi connectivity index (χ0) is 13.8. The van der Waals surface area contributed by atoms with Crippen LogP contribution in [0.5, 0.6) is 0 Å². The van der Waals surface area contributed by atoms with E-state index in [0.29, 0.717) is 11.7 Å². The molecule has 0 aliphatic heterocycles. The van der Waals surface area contributed by atoms with E-state index in [2.05, 4.69) is 26.8 Å². The van der Waals surface area contributed by atoms with Crippen molar-refractivity contribution in [2.45, 2.75) is 65.4 Å². The molecule has 106 valence electrons. The maximum Gasteiger partial charge on any atom is 0.136 e. The molecule has 2 saturated carbocycles. The van der Waals surface area contributed by atoms with Gasteiger partial charge in [-0.2, -0.15) is 0 Å². The maximum absolute atomic E-state index is 12.0. The Kier molecular flexibility index (Phi) is 2.94. The van der Waals surface area contributed by atoms with Gasteiger partial charge in [0.15, 0.2) is 0 Å². The molecule has 0 spiro atoms. The van der Waals surface area contributed by atoms with Gasteiger partial charge in [-0.1, -0.05) is 32.4 Å². The van der Waals surface area contributed by atoms with E-state index in [1.54, 1.807) is 0 Å². The zero-order valence-electron chi connectivity index (χ0n) is 12.4. The quantitative estimate of drug-likeness (QED) is 0.679. The van der Waals surface area contributed by atoms with Gasteiger partial charge in [0.05, 0.1) is 6.10 Å². The topological polar surface area (TPSA) is 37.3 Å². The molecule has 0 bridgehead atoms. The fraction of sp³-hybridized carbons (Fsp3) is 0.824. The molecule has 5 atom stereocenters. The van der Waals surface area contributed by atoms with Crippen molar-refractivity contribution in [3.05, 3.63) is 11.6 Å². The molecule has 2 heteroatoms. The predicted octanol–water partition coefficient (Wildman–Crippen LogP) is 3.49. The van der Waals surface area contributed by atoms with E-state index in [9.17, 15) is 9.90 Å². The second kappa shape index (κ2) is 4.18. The van der Waals surface area contributed by atoms with Crippen LogP contribution in [0.4, 0.5) is 0 Å². The van der Waals surface area contributed by atoms with E-state index in [4.69, 9.17) is 0 Å². The average molecular weight is 262 g/mol. The molecule has 3 aliphatic rings. The van der Waals surface area contributed by atoms with Crippen LogP contribution < -0.4 is 0 Å². The van der Waals surface area contributed by atoms with Gasteiger partial charge in [-0.25, -0.2) is 0 Å². The van der Waals surface area contributed by atoms with Crippen LogP contribution in [0.15, 0.2) is 11.6 Å². The van der Waals surface area contributed by atoms with Crippen molar-refractivity contribution in [3.8, 4) is 0 Å². The highest BCUT2D eigenvalue weighted by molar-refractivity contribution is 5.82. The van der Waals surface area contributed by atoms with E-state index >= 15 is 0 Å². The zero-order valence-corrected chi connectivity index (χ0v) is 12.4. The van der Waals surface area contributed by atoms with Crippen molar-refractivity contribution >= 4 is 5.78 Å². The van der Waals surface area contributed by atoms with Crippen LogP contribution in [0.2, 0.25) is 0 Å². The van der Waals surface area contributed by atoms with Gasteiger partial charge in [-0.15, -0.1) is 0 Å². The Bertz CT molecular complexity index is 439. The van der Waals surface area contributed by atoms with E-state index in [-0.39, 0.29) is 22.9 Å². The molecule has 19 heavy (non-hydrogen) atoms. The summed E-state index contributed by atoms with van der Waals surface area (Å²) in [6, 6.07) is 0. The Morgan fingerprint density at radius 3 is 2.68 bits per heavy atom. The Morgan fingerprint density at radius 1 is 1.21 bits per heavy atom. The molecule has 1 N–H and O–H groups in total. The van der Waals surface area contributed by atoms with Gasteiger partial charge >= 0.3 is 0 Å². The first-order chi connectivity index (χ1) is 8.89. The minimum atomic E-state index is -0.196. The molecule has 3 rings (SSSR count). The molecule has 0 radical (unpaired) electrons. The Hall–Kier alpha value is -0.630. The number of Topliss-reactive ketones (excluding diaryl/α,β-unsaturated/α-hetero) is 1. The number of hydrogen-bond acceptors (Lipinski definition) is 2. The Morgan fingerprint density at radius 2 is 1.95 bits per heavy atom. The number of aliphatic hydroxyl groups excluding tert-OH is 1. The van der Waals surface area contributed by atoms with Crippen molar-refractivity contribution < 1.29 is 9.90 Å². The van der Waals surface area contributed by atoms with Crippen LogP contribution in [-0.4, -0.2) is 17.0 Å². The lowest BCUT2D eigenvalue weighted by molar-refractivity contribution is -0.133. The predicted molar refractivity (Wildman–Crippen MR) is 75.7 cm³/mol. The van der Waals surface area contributed by atoms with Crippen molar-refractivity contribution in [3.63, 3.8) is 0 Å². The van der Waals surface area contributed by atoms with Crippen LogP contribution in [0.25, 0.3) is 0 Å². The van der Waals surface area contributed by atoms with Gasteiger partial charge in [0, 0.05) is 17.8 Å². The fourth-order valence-corrected chi connectivity index (χ4v) is 5.23. The molecule has 0 aromatic heterocycles. The van der Waals surface area contributed by atoms with Crippen LogP contribution in [0, 0.1) is 22.7 Å². The summed E-state index contributed by atoms with van der Waals surface area (Å²) in [5, 5.41) is 10.5. The van der Waals surface area contributed by atoms with Crippen LogP contribution in [0.3, 0.4) is 0 Å². The third-order valence-corrected chi connectivity index (χ3v) is 6.55. The summed E-state index contributed by atoms with van der Waals surface area (Å²) in [5.74, 6) is 1.13. The van der Waals surface area contributed by atoms with Crippen molar-refractivity contribution in [2.24, 2.45) is 22.7 Å². The summed E-state index contributed by atoms with van der Waals surface area (Å²) in [6.45, 7) is 6.71. The molecule has 0 aromatic rings. The van der Waals surface area contributed by atoms with Crippen LogP contribution in [0.1, 0.15) is 59.3 Å². The Labute approximate surface area is 116 Å². The number of aliphatic hydroxyl groups is 1. The van der Waals surface area contributed by atoms with E-state index in [0.717, 1.165) is 38.5 Å². The third kappa shape index (κ3) is 1.68. The number of carbonyl (C=O) groups is 1. The second-order valence-corrected chi connectivity index (χ2v) is 7.45. The molecule has 3 unspecified atom stereocenters. The van der Waals surface area contributed by atoms with E-state index < -0.39 is 0 Å². The minimum absolute atomic E-state index is 0.0381. The smallest absolute Gasteiger partial charge is 0.136 e. The lowest BCUT2D eigenvalue weighted by Gasteiger charge is -2.58. The first-order valence-electron chi connectivity index (χ1n) is 7.81. The largest absolute Gasteiger partial charge is 0.392 e. The van der Waals surface area contributed by atoms with Gasteiger partial charge in [0.1, 0.15) is 5.78 Å². The van der Waals surface area contributed by atoms with Crippen molar-refractivity contribution in [1.82, 2.24) is 0 Å². The summed E-state index contributed by atoms with van der Waals surface area (Å²) in [6.07, 6.45) is 7.92. The third-order valence-electron chi connectivity index (χ3n) is 6.55. The van der Waals surface area contributed by atoms with E-state index in [1.807, 2.05) is 0 Å². The molecule has 0 heterocycles. The molecule has 0 saturated heterocycles. The number of carbonyl (C=O) groups excluding carboxylic acids is 1. The summed E-state index contributed by atoms with van der Waals surface area (Å²) >= 11 is 0. The molecular weight excluding hydrogens is 236 g/mol. The number of rotatable bonds is 0. The van der Waals surface area contributed by atoms with E-state index in [1.165, 1.54) is 5.57 Å². The fourth-order valence-electron chi connectivity index (χ4n) is 5.23. The molecule has 2 nitrogen and oxygen atoms in total. The lowest BCUT2D eigenvalue weighted by atomic mass is 9.46. The number of fused-ring (bicyclic) bond motifs is 3. The van der Waals surface area contributed by atoms with Crippen LogP contribution >= 0.6 is 0 Å². The maximum atomic E-state index is 12.0. The van der Waals surface area contributed by atoms with Crippen molar-refractivity contribution in [2.75, 3.05) is 0 Å². The van der Waals surface area contributed by atoms with Crippen molar-refractivity contribution in [1.29, 1.82) is 0 Å². The lowest BCUT2D eigenvalue weighted by Crippen LogP contribution is -2.53. The summed E-state index contributed by atoms with van der Waals surface area (Å²) < 4.78 is 0. The SMILES string of the molecule is C[C@H]1C(=O)CCC2(C)C3=CCC[C@@H](O)C3(C)CCC12. The normalized spacial score (nSPS) is 50.2. The van der Waals surface area contributed by atoms with Gasteiger partial charge in [0.2, 0.25) is 0 Å². The average Bonchev–Trinajstić information content (AvgIpc) is 2.37. The molecular formula is C17H26O2. The highest BCUT2D eigenvalue weighted by Gasteiger charge is 2.56. The molecule has 2 fully saturated rings. The highest BCUT2D eigenvalue weighted by atomic mass is 16.3. The molecule has 0 aromatic carbocycles. The second-order valence-electron chi connectivity index (χ2n) is 7.45. The summed E-state index contributed by atoms with van der Waals surface area (Å²) in [4.78, 5) is 12.0. The number of ketones is 1. The van der Waals surface area contributed by atoms with Gasteiger partial charge in [0.25, 0.3) is 0 Å². The first kappa shape index (κ1) is 13.4. The monoisotopic (exact) mass is 262 g/mol. The summed E-state index contributed by atoms with van der Waals surface area (Å²) in [5.41, 5.74) is 1.57. The molecule has 3 aliphatic carbocycles. The number of hydrogen-bond donors (Lipinski definition) is 1. The van der Waals surface area contributed by atoms with Crippen LogP contribution in [-0.2, 0) is 4.79 Å². The summed E-state index contributed by atoms with van der Waals surface area (Å²) in [7, 11) is 0. The van der Waals surface area contributed by atoms with Gasteiger partial charge in [-0.05, 0) is 43.4 Å².